The van der Waals surface area contributed by atoms with Gasteiger partial charge in [-0.3, -0.25) is 0 Å². The number of hydrogen-bond donors (Lipinski definition) is 1. The molecule has 1 N–H and O–H groups in total. The van der Waals surface area contributed by atoms with Gasteiger partial charge in [-0.15, -0.1) is 0 Å². The monoisotopic (exact) mass is 325 g/mol. The average Bonchev–Trinajstić information content (AvgIpc) is 2.49. The van der Waals surface area contributed by atoms with Gasteiger partial charge in [0.2, 0.25) is 0 Å². The van der Waals surface area contributed by atoms with Crippen molar-refractivity contribution in [2.75, 3.05) is 13.1 Å². The molecule has 21 heavy (non-hydrogen) atoms. The molecule has 0 amide bonds. The topological polar surface area (TPSA) is 12.0 Å². The first-order valence-corrected chi connectivity index (χ1v) is 7.76. The summed E-state index contributed by atoms with van der Waals surface area (Å²) in [5.41, 5.74) is 2.00. The maximum absolute atomic E-state index is 13.6. The van der Waals surface area contributed by atoms with Crippen molar-refractivity contribution in [1.82, 2.24) is 5.32 Å². The van der Waals surface area contributed by atoms with Gasteiger partial charge in [-0.1, -0.05) is 54.4 Å². The van der Waals surface area contributed by atoms with Crippen LogP contribution in [-0.4, -0.2) is 13.1 Å². The summed E-state index contributed by atoms with van der Waals surface area (Å²) in [5.74, 6) is -0.144. The highest BCUT2D eigenvalue weighted by Crippen LogP contribution is 2.27. The average molecular weight is 326 g/mol. The quantitative estimate of drug-likeness (QED) is 0.782. The lowest BCUT2D eigenvalue weighted by atomic mass is 9.92. The van der Waals surface area contributed by atoms with Gasteiger partial charge in [0.25, 0.3) is 0 Å². The number of nitrogens with one attached hydrogen (secondary N) is 1. The van der Waals surface area contributed by atoms with Crippen molar-refractivity contribution >= 4 is 23.2 Å². The summed E-state index contributed by atoms with van der Waals surface area (Å²) in [5, 5.41) is 4.27. The molecule has 4 heteroatoms. The van der Waals surface area contributed by atoms with Crippen molar-refractivity contribution in [3.8, 4) is 0 Å². The predicted molar refractivity (Wildman–Crippen MR) is 87.9 cm³/mol. The Bertz CT molecular complexity index is 584. The fourth-order valence-corrected chi connectivity index (χ4v) is 2.66. The molecule has 0 saturated heterocycles. The number of hydrogen-bond acceptors (Lipinski definition) is 1. The van der Waals surface area contributed by atoms with E-state index >= 15 is 0 Å². The lowest BCUT2D eigenvalue weighted by Gasteiger charge is -2.19. The molecule has 0 aliphatic carbocycles. The minimum Gasteiger partial charge on any atom is -0.316 e. The van der Waals surface area contributed by atoms with Crippen LogP contribution in [0, 0.1) is 5.82 Å². The second kappa shape index (κ2) is 7.79. The van der Waals surface area contributed by atoms with Gasteiger partial charge in [-0.05, 0) is 42.3 Å². The Morgan fingerprint density at radius 2 is 1.81 bits per heavy atom. The summed E-state index contributed by atoms with van der Waals surface area (Å²) in [6, 6.07) is 12.7. The fraction of sp³-hybridized carbons (Fsp3) is 0.294. The Balaban J connectivity index is 2.23. The molecular weight excluding hydrogens is 308 g/mol. The third-order valence-corrected chi connectivity index (χ3v) is 4.16. The standard InChI is InChI=1S/C17H18Cl2FN/c1-2-21-11-14(12-6-8-15(18)9-7-12)10-13-4-3-5-16(20)17(13)19/h3-9,14,21H,2,10-11H2,1H3. The molecule has 0 aliphatic heterocycles. The molecule has 0 heterocycles. The summed E-state index contributed by atoms with van der Waals surface area (Å²) < 4.78 is 13.6. The molecule has 0 saturated carbocycles. The van der Waals surface area contributed by atoms with E-state index in [1.807, 2.05) is 30.3 Å². The largest absolute Gasteiger partial charge is 0.316 e. The summed E-state index contributed by atoms with van der Waals surface area (Å²) in [4.78, 5) is 0. The van der Waals surface area contributed by atoms with Crippen LogP contribution in [0.5, 0.6) is 0 Å². The Morgan fingerprint density at radius 1 is 1.10 bits per heavy atom. The van der Waals surface area contributed by atoms with Crippen molar-refractivity contribution in [2.45, 2.75) is 19.3 Å². The molecule has 1 unspecified atom stereocenters. The third kappa shape index (κ3) is 4.44. The van der Waals surface area contributed by atoms with Crippen molar-refractivity contribution in [2.24, 2.45) is 0 Å². The molecule has 2 aromatic rings. The number of rotatable bonds is 6. The zero-order chi connectivity index (χ0) is 15.2. The van der Waals surface area contributed by atoms with E-state index in [1.54, 1.807) is 6.07 Å². The fourth-order valence-electron chi connectivity index (χ4n) is 2.33. The first kappa shape index (κ1) is 16.3. The predicted octanol–water partition coefficient (Wildman–Crippen LogP) is 5.07. The molecule has 1 atom stereocenters. The highest BCUT2D eigenvalue weighted by Gasteiger charge is 2.15. The maximum Gasteiger partial charge on any atom is 0.142 e. The molecule has 0 radical (unpaired) electrons. The molecule has 0 spiro atoms. The van der Waals surface area contributed by atoms with E-state index in [-0.39, 0.29) is 16.8 Å². The molecular formula is C17H18Cl2FN. The molecule has 0 aromatic heterocycles. The molecule has 0 aliphatic rings. The Hall–Kier alpha value is -1.09. The van der Waals surface area contributed by atoms with Gasteiger partial charge in [0.15, 0.2) is 0 Å². The van der Waals surface area contributed by atoms with E-state index in [9.17, 15) is 4.39 Å². The first-order valence-electron chi connectivity index (χ1n) is 7.01. The zero-order valence-electron chi connectivity index (χ0n) is 11.9. The number of benzene rings is 2. The molecule has 0 bridgehead atoms. The van der Waals surface area contributed by atoms with Gasteiger partial charge < -0.3 is 5.32 Å². The Labute approximate surface area is 135 Å². The van der Waals surface area contributed by atoms with Crippen molar-refractivity contribution < 1.29 is 4.39 Å². The minimum atomic E-state index is -0.368. The highest BCUT2D eigenvalue weighted by atomic mass is 35.5. The second-order valence-electron chi connectivity index (χ2n) is 4.97. The second-order valence-corrected chi connectivity index (χ2v) is 5.79. The van der Waals surface area contributed by atoms with Gasteiger partial charge >= 0.3 is 0 Å². The van der Waals surface area contributed by atoms with Gasteiger partial charge in [-0.2, -0.15) is 0 Å². The van der Waals surface area contributed by atoms with Crippen molar-refractivity contribution in [3.05, 3.63) is 69.5 Å². The molecule has 2 rings (SSSR count). The van der Waals surface area contributed by atoms with E-state index in [2.05, 4.69) is 12.2 Å². The summed E-state index contributed by atoms with van der Waals surface area (Å²) in [6.45, 7) is 3.76. The number of likely N-dealkylation sites (N-methyl/N-ethyl adjacent to an activating group) is 1. The summed E-state index contributed by atoms with van der Waals surface area (Å²) in [6.07, 6.45) is 0.686. The van der Waals surface area contributed by atoms with E-state index < -0.39 is 0 Å². The van der Waals surface area contributed by atoms with Gasteiger partial charge in [0, 0.05) is 17.5 Å². The summed E-state index contributed by atoms with van der Waals surface area (Å²) in [7, 11) is 0. The van der Waals surface area contributed by atoms with Gasteiger partial charge in [-0.25, -0.2) is 4.39 Å². The zero-order valence-corrected chi connectivity index (χ0v) is 13.4. The highest BCUT2D eigenvalue weighted by molar-refractivity contribution is 6.31. The third-order valence-electron chi connectivity index (χ3n) is 3.48. The SMILES string of the molecule is CCNCC(Cc1cccc(F)c1Cl)c1ccc(Cl)cc1. The Morgan fingerprint density at radius 3 is 2.48 bits per heavy atom. The van der Waals surface area contributed by atoms with Crippen molar-refractivity contribution in [3.63, 3.8) is 0 Å². The van der Waals surface area contributed by atoms with Gasteiger partial charge in [0.1, 0.15) is 5.82 Å². The lowest BCUT2D eigenvalue weighted by Crippen LogP contribution is -2.22. The van der Waals surface area contributed by atoms with Crippen LogP contribution in [0.25, 0.3) is 0 Å². The molecule has 0 fully saturated rings. The lowest BCUT2D eigenvalue weighted by molar-refractivity contribution is 0.588. The molecule has 1 nitrogen and oxygen atoms in total. The van der Waals surface area contributed by atoms with Crippen LogP contribution in [0.4, 0.5) is 4.39 Å². The normalized spacial score (nSPS) is 12.4. The smallest absolute Gasteiger partial charge is 0.142 e. The van der Waals surface area contributed by atoms with Crippen LogP contribution < -0.4 is 5.32 Å². The maximum atomic E-state index is 13.6. The molecule has 112 valence electrons. The van der Waals surface area contributed by atoms with Crippen LogP contribution >= 0.6 is 23.2 Å². The van der Waals surface area contributed by atoms with Gasteiger partial charge in [0.05, 0.1) is 5.02 Å². The first-order chi connectivity index (χ1) is 10.1. The van der Waals surface area contributed by atoms with Crippen LogP contribution in [0.1, 0.15) is 24.0 Å². The van der Waals surface area contributed by atoms with E-state index in [1.165, 1.54) is 11.6 Å². The van der Waals surface area contributed by atoms with Crippen LogP contribution in [0.2, 0.25) is 10.0 Å². The van der Waals surface area contributed by atoms with Crippen LogP contribution in [0.15, 0.2) is 42.5 Å². The summed E-state index contributed by atoms with van der Waals surface area (Å²) >= 11 is 12.0. The van der Waals surface area contributed by atoms with Crippen LogP contribution in [0.3, 0.4) is 0 Å². The van der Waals surface area contributed by atoms with Crippen LogP contribution in [-0.2, 0) is 6.42 Å². The van der Waals surface area contributed by atoms with Crippen molar-refractivity contribution in [1.29, 1.82) is 0 Å². The number of halogens is 3. The van der Waals surface area contributed by atoms with E-state index in [4.69, 9.17) is 23.2 Å². The van der Waals surface area contributed by atoms with E-state index in [0.717, 1.165) is 18.7 Å². The van der Waals surface area contributed by atoms with E-state index in [0.29, 0.717) is 11.4 Å². The minimum absolute atomic E-state index is 0.216. The molecule has 2 aromatic carbocycles. The Kier molecular flexibility index (Phi) is 6.04.